The van der Waals surface area contributed by atoms with Gasteiger partial charge in [0.15, 0.2) is 16.7 Å². The largest absolute Gasteiger partial charge is 0.493 e. The fourth-order valence-corrected chi connectivity index (χ4v) is 3.35. The summed E-state index contributed by atoms with van der Waals surface area (Å²) in [6.07, 6.45) is 3.04. The van der Waals surface area contributed by atoms with Crippen molar-refractivity contribution in [1.82, 2.24) is 20.2 Å². The second-order valence-corrected chi connectivity index (χ2v) is 7.56. The molecule has 2 aromatic carbocycles. The third-order valence-corrected chi connectivity index (χ3v) is 5.41. The molecule has 0 bridgehead atoms. The van der Waals surface area contributed by atoms with Crippen molar-refractivity contribution in [2.24, 2.45) is 12.1 Å². The van der Waals surface area contributed by atoms with E-state index in [1.54, 1.807) is 42.2 Å². The van der Waals surface area contributed by atoms with Crippen LogP contribution in [0.3, 0.4) is 0 Å². The van der Waals surface area contributed by atoms with Gasteiger partial charge in [-0.1, -0.05) is 29.4 Å². The Kier molecular flexibility index (Phi) is 7.85. The molecule has 1 N–H and O–H groups in total. The van der Waals surface area contributed by atoms with Gasteiger partial charge in [-0.25, -0.2) is 9.82 Å². The first kappa shape index (κ1) is 22.6. The number of ether oxygens (including phenoxy) is 2. The number of carbonyl (C=O) groups excluding carboxylic acids is 1. The number of methoxy groups -OCH3 is 1. The lowest BCUT2D eigenvalue weighted by Gasteiger charge is -2.12. The van der Waals surface area contributed by atoms with Crippen LogP contribution in [0, 0.1) is 5.82 Å². The van der Waals surface area contributed by atoms with Crippen LogP contribution in [0.15, 0.2) is 53.0 Å². The van der Waals surface area contributed by atoms with Crippen LogP contribution >= 0.6 is 23.4 Å². The summed E-state index contributed by atoms with van der Waals surface area (Å²) in [5.74, 6) is 0.281. The number of carbonyl (C=O) groups is 1. The average Bonchev–Trinajstić information content (AvgIpc) is 3.17. The minimum Gasteiger partial charge on any atom is -0.493 e. The Bertz CT molecular complexity index is 1070. The zero-order chi connectivity index (χ0) is 22.2. The van der Waals surface area contributed by atoms with E-state index in [-0.39, 0.29) is 28.9 Å². The quantitative estimate of drug-likeness (QED) is 0.297. The van der Waals surface area contributed by atoms with Crippen molar-refractivity contribution >= 4 is 35.5 Å². The number of nitrogens with one attached hydrogen (secondary N) is 1. The van der Waals surface area contributed by atoms with Crippen molar-refractivity contribution in [1.29, 1.82) is 0 Å². The first-order chi connectivity index (χ1) is 15.0. The third kappa shape index (κ3) is 6.19. The van der Waals surface area contributed by atoms with E-state index in [0.29, 0.717) is 22.2 Å². The summed E-state index contributed by atoms with van der Waals surface area (Å²) in [7, 11) is 3.29. The van der Waals surface area contributed by atoms with Crippen LogP contribution in [0.4, 0.5) is 4.39 Å². The van der Waals surface area contributed by atoms with Crippen molar-refractivity contribution in [3.63, 3.8) is 0 Å². The fourth-order valence-electron chi connectivity index (χ4n) is 2.45. The number of hydrazone groups is 1. The molecule has 0 unspecified atom stereocenters. The Morgan fingerprint density at radius 3 is 2.90 bits per heavy atom. The molecule has 0 atom stereocenters. The van der Waals surface area contributed by atoms with Crippen LogP contribution in [0.1, 0.15) is 11.1 Å². The first-order valence-corrected chi connectivity index (χ1v) is 10.4. The van der Waals surface area contributed by atoms with Crippen molar-refractivity contribution in [2.75, 3.05) is 12.9 Å². The van der Waals surface area contributed by atoms with Crippen molar-refractivity contribution in [3.8, 4) is 11.5 Å². The molecule has 11 heteroatoms. The predicted octanol–water partition coefficient (Wildman–Crippen LogP) is 3.44. The molecule has 3 rings (SSSR count). The second kappa shape index (κ2) is 10.8. The molecule has 1 amide bonds. The van der Waals surface area contributed by atoms with E-state index in [0.717, 1.165) is 0 Å². The SMILES string of the molecule is COc1cc(/C=N\NC(=O)CSc2nncn2C)ccc1OCc1c(F)cccc1Cl. The van der Waals surface area contributed by atoms with Gasteiger partial charge < -0.3 is 14.0 Å². The van der Waals surface area contributed by atoms with E-state index in [1.807, 2.05) is 0 Å². The molecule has 3 aromatic rings. The molecular weight excluding hydrogens is 445 g/mol. The summed E-state index contributed by atoms with van der Waals surface area (Å²) < 4.78 is 26.6. The number of halogens is 2. The van der Waals surface area contributed by atoms with Gasteiger partial charge in [-0.05, 0) is 35.9 Å². The Morgan fingerprint density at radius 1 is 1.35 bits per heavy atom. The standard InChI is InChI=1S/C20H19ClFN5O3S/c1-27-12-24-26-20(27)31-11-19(28)25-23-9-13-6-7-17(18(8-13)29-2)30-10-14-15(21)4-3-5-16(14)22/h3-9,12H,10-11H2,1-2H3,(H,25,28)/b23-9-. The highest BCUT2D eigenvalue weighted by Gasteiger charge is 2.11. The summed E-state index contributed by atoms with van der Waals surface area (Å²) in [6, 6.07) is 9.53. The smallest absolute Gasteiger partial charge is 0.250 e. The molecule has 0 aliphatic heterocycles. The average molecular weight is 464 g/mol. The molecule has 0 saturated carbocycles. The Labute approximate surface area is 187 Å². The predicted molar refractivity (Wildman–Crippen MR) is 116 cm³/mol. The Hall–Kier alpha value is -3.11. The minimum atomic E-state index is -0.441. The van der Waals surface area contributed by atoms with Gasteiger partial charge in [-0.2, -0.15) is 5.10 Å². The highest BCUT2D eigenvalue weighted by molar-refractivity contribution is 7.99. The maximum Gasteiger partial charge on any atom is 0.250 e. The molecule has 0 saturated heterocycles. The van der Waals surface area contributed by atoms with E-state index in [4.69, 9.17) is 21.1 Å². The first-order valence-electron chi connectivity index (χ1n) is 9.00. The second-order valence-electron chi connectivity index (χ2n) is 6.21. The highest BCUT2D eigenvalue weighted by atomic mass is 35.5. The lowest BCUT2D eigenvalue weighted by atomic mass is 10.2. The normalized spacial score (nSPS) is 11.0. The van der Waals surface area contributed by atoms with Gasteiger partial charge in [0.1, 0.15) is 18.8 Å². The number of aromatic nitrogens is 3. The number of hydrogen-bond donors (Lipinski definition) is 1. The van der Waals surface area contributed by atoms with Gasteiger partial charge in [0.05, 0.1) is 24.1 Å². The van der Waals surface area contributed by atoms with Crippen molar-refractivity contribution < 1.29 is 18.7 Å². The Morgan fingerprint density at radius 2 is 2.19 bits per heavy atom. The summed E-state index contributed by atoms with van der Waals surface area (Å²) in [4.78, 5) is 11.9. The number of thioether (sulfide) groups is 1. The molecule has 8 nitrogen and oxygen atoms in total. The van der Waals surface area contributed by atoms with Crippen LogP contribution in [0.2, 0.25) is 5.02 Å². The number of rotatable bonds is 9. The van der Waals surface area contributed by atoms with E-state index >= 15 is 0 Å². The number of amides is 1. The number of hydrogen-bond acceptors (Lipinski definition) is 7. The van der Waals surface area contributed by atoms with Crippen LogP contribution in [-0.2, 0) is 18.4 Å². The lowest BCUT2D eigenvalue weighted by molar-refractivity contribution is -0.118. The molecule has 162 valence electrons. The molecule has 0 radical (unpaired) electrons. The van der Waals surface area contributed by atoms with Gasteiger partial charge in [-0.3, -0.25) is 4.79 Å². The van der Waals surface area contributed by atoms with Crippen molar-refractivity contribution in [2.45, 2.75) is 11.8 Å². The monoisotopic (exact) mass is 463 g/mol. The molecular formula is C20H19ClFN5O3S. The number of benzene rings is 2. The molecule has 0 spiro atoms. The van der Waals surface area contributed by atoms with Gasteiger partial charge >= 0.3 is 0 Å². The summed E-state index contributed by atoms with van der Waals surface area (Å²) >= 11 is 7.28. The molecule has 1 aromatic heterocycles. The van der Waals surface area contributed by atoms with Crippen LogP contribution in [0.25, 0.3) is 0 Å². The fraction of sp³-hybridized carbons (Fsp3) is 0.200. The van der Waals surface area contributed by atoms with E-state index in [2.05, 4.69) is 20.7 Å². The maximum absolute atomic E-state index is 13.9. The topological polar surface area (TPSA) is 90.6 Å². The molecule has 0 aliphatic carbocycles. The zero-order valence-electron chi connectivity index (χ0n) is 16.7. The number of nitrogens with zero attached hydrogens (tertiary/aromatic N) is 4. The molecule has 31 heavy (non-hydrogen) atoms. The van der Waals surface area contributed by atoms with Gasteiger partial charge in [0, 0.05) is 12.6 Å². The van der Waals surface area contributed by atoms with Gasteiger partial charge in [0.2, 0.25) is 0 Å². The summed E-state index contributed by atoms with van der Waals surface area (Å²) in [5, 5.41) is 12.5. The number of aryl methyl sites for hydroxylation is 1. The molecule has 0 fully saturated rings. The minimum absolute atomic E-state index is 0.0471. The van der Waals surface area contributed by atoms with Crippen LogP contribution < -0.4 is 14.9 Å². The molecule has 1 heterocycles. The van der Waals surface area contributed by atoms with E-state index < -0.39 is 5.82 Å². The lowest BCUT2D eigenvalue weighted by Crippen LogP contribution is -2.19. The highest BCUT2D eigenvalue weighted by Crippen LogP contribution is 2.29. The van der Waals surface area contributed by atoms with E-state index in [1.165, 1.54) is 37.2 Å². The zero-order valence-corrected chi connectivity index (χ0v) is 18.3. The van der Waals surface area contributed by atoms with Crippen molar-refractivity contribution in [3.05, 3.63) is 64.7 Å². The van der Waals surface area contributed by atoms with E-state index in [9.17, 15) is 9.18 Å². The maximum atomic E-state index is 13.9. The Balaban J connectivity index is 1.56. The van der Waals surface area contributed by atoms with Gasteiger partial charge in [0.25, 0.3) is 5.91 Å². The van der Waals surface area contributed by atoms with Crippen LogP contribution in [0.5, 0.6) is 11.5 Å². The molecule has 0 aliphatic rings. The van der Waals surface area contributed by atoms with Crippen LogP contribution in [-0.4, -0.2) is 39.7 Å². The third-order valence-electron chi connectivity index (χ3n) is 4.03. The summed E-state index contributed by atoms with van der Waals surface area (Å²) in [5.41, 5.74) is 3.39. The summed E-state index contributed by atoms with van der Waals surface area (Å²) in [6.45, 7) is -0.0471. The van der Waals surface area contributed by atoms with Gasteiger partial charge in [-0.15, -0.1) is 10.2 Å².